The third-order valence-electron chi connectivity index (χ3n) is 10.1. The number of benzene rings is 4. The Balaban J connectivity index is 1.00. The van der Waals surface area contributed by atoms with Gasteiger partial charge in [-0.15, -0.1) is 0 Å². The zero-order valence-corrected chi connectivity index (χ0v) is 32.0. The Hall–Kier alpha value is -5.40. The maximum atomic E-state index is 13.2. The number of carbonyl (C=O) groups is 2. The van der Waals surface area contributed by atoms with Crippen LogP contribution in [0.5, 0.6) is 11.5 Å². The van der Waals surface area contributed by atoms with E-state index in [1.807, 2.05) is 42.5 Å². The molecule has 1 aliphatic carbocycles. The number of aliphatic hydroxyl groups excluding tert-OH is 1. The zero-order valence-electron chi connectivity index (χ0n) is 31.3. The van der Waals surface area contributed by atoms with Crippen molar-refractivity contribution < 1.29 is 29.3 Å². The Morgan fingerprint density at radius 1 is 0.982 bits per heavy atom. The Labute approximate surface area is 330 Å². The molecule has 1 saturated carbocycles. The second-order valence-electron chi connectivity index (χ2n) is 14.1. The van der Waals surface area contributed by atoms with E-state index < -0.39 is 12.2 Å². The number of amides is 2. The van der Waals surface area contributed by atoms with Gasteiger partial charge in [-0.05, 0) is 92.0 Å². The Morgan fingerprint density at radius 2 is 1.77 bits per heavy atom. The second-order valence-corrected chi connectivity index (χ2v) is 14.5. The van der Waals surface area contributed by atoms with Crippen molar-refractivity contribution in [2.45, 2.75) is 69.7 Å². The number of unbranched alkanes of at least 4 members (excludes halogenated alkanes) is 1. The van der Waals surface area contributed by atoms with Gasteiger partial charge in [-0.3, -0.25) is 14.9 Å². The van der Waals surface area contributed by atoms with E-state index in [9.17, 15) is 24.6 Å². The van der Waals surface area contributed by atoms with Crippen molar-refractivity contribution in [2.75, 3.05) is 25.5 Å². The fourth-order valence-electron chi connectivity index (χ4n) is 7.07. The lowest BCUT2D eigenvalue weighted by atomic mass is 9.94. The molecule has 12 nitrogen and oxygen atoms in total. The summed E-state index contributed by atoms with van der Waals surface area (Å²) in [7, 11) is 1.51. The number of aliphatic hydroxyl groups is 1. The third kappa shape index (κ3) is 10.3. The largest absolute Gasteiger partial charge is 0.506 e. The van der Waals surface area contributed by atoms with E-state index in [0.29, 0.717) is 40.9 Å². The van der Waals surface area contributed by atoms with E-state index in [2.05, 4.69) is 27.0 Å². The van der Waals surface area contributed by atoms with Gasteiger partial charge in [-0.25, -0.2) is 4.79 Å². The van der Waals surface area contributed by atoms with Crippen LogP contribution in [0, 0.1) is 0 Å². The maximum absolute atomic E-state index is 13.2. The summed E-state index contributed by atoms with van der Waals surface area (Å²) in [5, 5.41) is 31.0. The predicted molar refractivity (Wildman–Crippen MR) is 218 cm³/mol. The molecule has 2 amide bonds. The average molecular weight is 782 g/mol. The van der Waals surface area contributed by atoms with E-state index in [4.69, 9.17) is 26.8 Å². The minimum Gasteiger partial charge on any atom is -0.506 e. The standard InChI is InChI=1S/C43H48ClN5O7/c1-55-39-23-34(35(44)22-28(39)24-46-25-38(51)32-16-18-37(50)41-33(32)17-19-40(52)49-41)42(53)47-20-6-5-7-26-10-15-31(27-8-3-2-4-9-27)36(21-26)48-43(54)56-30-13-11-29(45)12-14-30/h2-4,8-10,15-19,21-23,29-30,38,46,50-51H,5-7,11-14,20,24-25,45H2,1H3,(H,47,53)(H,48,54)(H,49,52)/t29?,30?,38-/m0/s1. The Morgan fingerprint density at radius 3 is 2.54 bits per heavy atom. The maximum Gasteiger partial charge on any atom is 0.411 e. The minimum atomic E-state index is -0.946. The molecule has 1 aromatic heterocycles. The van der Waals surface area contributed by atoms with Crippen LogP contribution in [0.3, 0.4) is 0 Å². The van der Waals surface area contributed by atoms with Crippen LogP contribution in [0.2, 0.25) is 5.02 Å². The molecule has 1 atom stereocenters. The highest BCUT2D eigenvalue weighted by Gasteiger charge is 2.23. The first-order chi connectivity index (χ1) is 27.1. The minimum absolute atomic E-state index is 0.0836. The number of ether oxygens (including phenoxy) is 2. The molecule has 56 heavy (non-hydrogen) atoms. The number of halogens is 1. The van der Waals surface area contributed by atoms with Crippen LogP contribution in [0.15, 0.2) is 89.7 Å². The van der Waals surface area contributed by atoms with E-state index >= 15 is 0 Å². The molecule has 0 saturated heterocycles. The fourth-order valence-corrected chi connectivity index (χ4v) is 7.34. The van der Waals surface area contributed by atoms with Crippen molar-refractivity contribution in [1.82, 2.24) is 15.6 Å². The highest BCUT2D eigenvalue weighted by Crippen LogP contribution is 2.32. The molecule has 0 unspecified atom stereocenters. The van der Waals surface area contributed by atoms with Gasteiger partial charge in [-0.1, -0.05) is 60.1 Å². The van der Waals surface area contributed by atoms with Crippen molar-refractivity contribution >= 4 is 40.2 Å². The number of aromatic hydroxyl groups is 1. The molecule has 0 bridgehead atoms. The smallest absolute Gasteiger partial charge is 0.411 e. The summed E-state index contributed by atoms with van der Waals surface area (Å²) in [6.45, 7) is 0.873. The first kappa shape index (κ1) is 40.3. The predicted octanol–water partition coefficient (Wildman–Crippen LogP) is 6.96. The third-order valence-corrected chi connectivity index (χ3v) is 10.4. The number of aromatic nitrogens is 1. The van der Waals surface area contributed by atoms with Gasteiger partial charge in [0.25, 0.3) is 5.91 Å². The lowest BCUT2D eigenvalue weighted by Crippen LogP contribution is -2.32. The van der Waals surface area contributed by atoms with E-state index in [1.54, 1.807) is 24.3 Å². The van der Waals surface area contributed by atoms with Crippen molar-refractivity contribution in [3.05, 3.63) is 123 Å². The summed E-state index contributed by atoms with van der Waals surface area (Å²) in [5.41, 5.74) is 11.1. The highest BCUT2D eigenvalue weighted by molar-refractivity contribution is 6.34. The first-order valence-corrected chi connectivity index (χ1v) is 19.3. The zero-order chi connectivity index (χ0) is 39.6. The van der Waals surface area contributed by atoms with Crippen LogP contribution >= 0.6 is 11.6 Å². The van der Waals surface area contributed by atoms with E-state index in [0.717, 1.165) is 55.2 Å². The van der Waals surface area contributed by atoms with Crippen molar-refractivity contribution in [3.63, 3.8) is 0 Å². The van der Waals surface area contributed by atoms with Gasteiger partial charge in [0, 0.05) is 48.3 Å². The lowest BCUT2D eigenvalue weighted by molar-refractivity contribution is 0.0826. The summed E-state index contributed by atoms with van der Waals surface area (Å²) in [4.78, 5) is 40.5. The van der Waals surface area contributed by atoms with Crippen molar-refractivity contribution in [1.29, 1.82) is 0 Å². The topological polar surface area (TPSA) is 188 Å². The fraction of sp³-hybridized carbons (Fsp3) is 0.326. The molecule has 0 aliphatic heterocycles. The second kappa shape index (κ2) is 19.0. The van der Waals surface area contributed by atoms with Gasteiger partial charge in [0.1, 0.15) is 17.6 Å². The van der Waals surface area contributed by atoms with Crippen LogP contribution < -0.4 is 32.0 Å². The molecule has 0 radical (unpaired) electrons. The SMILES string of the molecule is COc1cc(C(=O)NCCCCc2ccc(-c3ccccc3)c(NC(=O)OC3CCC(N)CC3)c2)c(Cl)cc1CNC[C@H](O)c1ccc(O)c2[nH]c(=O)ccc12. The van der Waals surface area contributed by atoms with Crippen LogP contribution in [0.25, 0.3) is 22.0 Å². The number of aromatic amines is 1. The number of nitrogens with one attached hydrogen (secondary N) is 4. The molecule has 4 aromatic carbocycles. The van der Waals surface area contributed by atoms with Crippen LogP contribution in [-0.2, 0) is 17.7 Å². The molecule has 8 N–H and O–H groups in total. The summed E-state index contributed by atoms with van der Waals surface area (Å²) >= 11 is 6.58. The van der Waals surface area contributed by atoms with Gasteiger partial charge in [-0.2, -0.15) is 0 Å². The number of aryl methyl sites for hydroxylation is 1. The number of fused-ring (bicyclic) bond motifs is 1. The molecule has 5 aromatic rings. The Kier molecular flexibility index (Phi) is 13.6. The molecule has 0 spiro atoms. The van der Waals surface area contributed by atoms with Crippen molar-refractivity contribution in [2.24, 2.45) is 5.73 Å². The molecule has 294 valence electrons. The Bertz CT molecular complexity index is 2210. The number of H-pyrrole nitrogens is 1. The van der Waals surface area contributed by atoms with Gasteiger partial charge in [0.05, 0.1) is 35.0 Å². The first-order valence-electron chi connectivity index (χ1n) is 18.9. The monoisotopic (exact) mass is 781 g/mol. The average Bonchev–Trinajstić information content (AvgIpc) is 3.19. The molecule has 6 rings (SSSR count). The van der Waals surface area contributed by atoms with Gasteiger partial charge in [0.15, 0.2) is 0 Å². The molecular formula is C43H48ClN5O7. The number of hydrogen-bond acceptors (Lipinski definition) is 9. The number of hydrogen-bond donors (Lipinski definition) is 7. The summed E-state index contributed by atoms with van der Waals surface area (Å²) in [6, 6.07) is 25.3. The number of nitrogens with two attached hydrogens (primary N) is 1. The van der Waals surface area contributed by atoms with Crippen molar-refractivity contribution in [3.8, 4) is 22.6 Å². The molecular weight excluding hydrogens is 734 g/mol. The highest BCUT2D eigenvalue weighted by atomic mass is 35.5. The molecule has 1 aliphatic rings. The number of phenols is 1. The number of pyridine rings is 1. The van der Waals surface area contributed by atoms with Crippen LogP contribution in [0.1, 0.15) is 71.7 Å². The number of methoxy groups -OCH3 is 1. The number of rotatable bonds is 15. The van der Waals surface area contributed by atoms with Crippen LogP contribution in [-0.4, -0.2) is 59.5 Å². The summed E-state index contributed by atoms with van der Waals surface area (Å²) < 4.78 is 11.3. The quantitative estimate of drug-likeness (QED) is 0.0551. The molecule has 1 fully saturated rings. The van der Waals surface area contributed by atoms with Gasteiger partial charge in [0.2, 0.25) is 5.56 Å². The number of anilines is 1. The summed E-state index contributed by atoms with van der Waals surface area (Å²) in [5.74, 6) is 0.0571. The summed E-state index contributed by atoms with van der Waals surface area (Å²) in [6.07, 6.45) is 3.91. The molecule has 13 heteroatoms. The lowest BCUT2D eigenvalue weighted by Gasteiger charge is -2.26. The molecule has 1 heterocycles. The number of carbonyl (C=O) groups excluding carboxylic acids is 2. The van der Waals surface area contributed by atoms with Gasteiger partial charge < -0.3 is 41.0 Å². The van der Waals surface area contributed by atoms with E-state index in [-0.39, 0.29) is 58.6 Å². The number of phenolic OH excluding ortho intramolecular Hbond substituents is 1. The van der Waals surface area contributed by atoms with Crippen LogP contribution in [0.4, 0.5) is 10.5 Å². The van der Waals surface area contributed by atoms with E-state index in [1.165, 1.54) is 19.2 Å². The normalized spacial score (nSPS) is 15.9. The van der Waals surface area contributed by atoms with Gasteiger partial charge >= 0.3 is 6.09 Å².